The van der Waals surface area contributed by atoms with Crippen molar-refractivity contribution in [3.05, 3.63) is 65.7 Å². The third-order valence-electron chi connectivity index (χ3n) is 4.46. The number of nitro groups is 3. The zero-order valence-corrected chi connectivity index (χ0v) is 17.4. The van der Waals surface area contributed by atoms with Crippen LogP contribution in [-0.4, -0.2) is 21.1 Å². The molecule has 30 heavy (non-hydrogen) atoms. The van der Waals surface area contributed by atoms with Crippen molar-refractivity contribution >= 4 is 6.29 Å². The van der Waals surface area contributed by atoms with Gasteiger partial charge in [-0.3, -0.25) is 35.1 Å². The Morgan fingerprint density at radius 2 is 1.23 bits per heavy atom. The van der Waals surface area contributed by atoms with Gasteiger partial charge in [-0.15, -0.1) is 0 Å². The van der Waals surface area contributed by atoms with Gasteiger partial charge >= 0.3 is 0 Å². The lowest BCUT2D eigenvalue weighted by Gasteiger charge is -2.01. The number of hydrogen-bond donors (Lipinski definition) is 0. The Bertz CT molecular complexity index is 669. The van der Waals surface area contributed by atoms with Crippen molar-refractivity contribution in [2.75, 3.05) is 0 Å². The first-order valence-electron chi connectivity index (χ1n) is 10.2. The molecule has 0 saturated heterocycles. The quantitative estimate of drug-likeness (QED) is 0.165. The number of rotatable bonds is 18. The molecule has 0 aliphatic heterocycles. The Balaban J connectivity index is 4.93. The van der Waals surface area contributed by atoms with E-state index >= 15 is 0 Å². The van der Waals surface area contributed by atoms with Crippen LogP contribution in [0.1, 0.15) is 84.0 Å². The summed E-state index contributed by atoms with van der Waals surface area (Å²) < 4.78 is 0. The number of nitrogens with zero attached hydrogens (tertiary/aromatic N) is 3. The van der Waals surface area contributed by atoms with Gasteiger partial charge in [-0.05, 0) is 37.5 Å². The van der Waals surface area contributed by atoms with Gasteiger partial charge in [0.1, 0.15) is 0 Å². The molecule has 0 atom stereocenters. The van der Waals surface area contributed by atoms with Gasteiger partial charge in [0.2, 0.25) is 17.1 Å². The molecule has 0 saturated carbocycles. The lowest BCUT2D eigenvalue weighted by atomic mass is 10.1. The second-order valence-electron chi connectivity index (χ2n) is 6.81. The first kappa shape index (κ1) is 27.1. The first-order valence-corrected chi connectivity index (χ1v) is 10.2. The fraction of sp³-hybridized carbons (Fsp3) is 0.650. The minimum absolute atomic E-state index is 0.0451. The van der Waals surface area contributed by atoms with Gasteiger partial charge < -0.3 is 0 Å². The fourth-order valence-electron chi connectivity index (χ4n) is 2.75. The molecule has 0 fully saturated rings. The Hall–Kier alpha value is -2.91. The SMILES string of the molecule is CCCCCCCC/C(=C\C/C(=C\C/C=C(\CCC[C]=O)[N+](=O)[O-])[N+](=O)[O-])[N+](=O)[O-]. The molecule has 1 radical (unpaired) electrons. The molecule has 0 aliphatic rings. The van der Waals surface area contributed by atoms with Crippen molar-refractivity contribution in [1.29, 1.82) is 0 Å². The maximum Gasteiger partial charge on any atom is 0.246 e. The predicted molar refractivity (Wildman–Crippen MR) is 112 cm³/mol. The molecule has 0 aliphatic carbocycles. The summed E-state index contributed by atoms with van der Waals surface area (Å²) in [5.74, 6) is 0. The molecule has 0 aromatic carbocycles. The van der Waals surface area contributed by atoms with Crippen LogP contribution in [0.15, 0.2) is 35.3 Å². The van der Waals surface area contributed by atoms with Gasteiger partial charge in [-0.1, -0.05) is 39.0 Å². The molecule has 0 aromatic heterocycles. The highest BCUT2D eigenvalue weighted by Crippen LogP contribution is 2.16. The lowest BCUT2D eigenvalue weighted by molar-refractivity contribution is -0.432. The summed E-state index contributed by atoms with van der Waals surface area (Å²) in [4.78, 5) is 41.8. The van der Waals surface area contributed by atoms with E-state index in [0.717, 1.165) is 32.1 Å². The van der Waals surface area contributed by atoms with Gasteiger partial charge in [0.05, 0.1) is 21.2 Å². The van der Waals surface area contributed by atoms with Crippen LogP contribution in [-0.2, 0) is 4.79 Å². The highest BCUT2D eigenvalue weighted by Gasteiger charge is 2.15. The zero-order valence-electron chi connectivity index (χ0n) is 17.4. The van der Waals surface area contributed by atoms with Crippen LogP contribution in [0.2, 0.25) is 0 Å². The van der Waals surface area contributed by atoms with E-state index in [2.05, 4.69) is 6.92 Å². The number of unbranched alkanes of at least 4 members (excludes halogenated alkanes) is 6. The lowest BCUT2D eigenvalue weighted by Crippen LogP contribution is -2.02. The average Bonchev–Trinajstić information content (AvgIpc) is 2.69. The van der Waals surface area contributed by atoms with E-state index in [4.69, 9.17) is 0 Å². The fourth-order valence-corrected chi connectivity index (χ4v) is 2.75. The summed E-state index contributed by atoms with van der Waals surface area (Å²) in [7, 11) is 0. The normalized spacial score (nSPS) is 12.6. The summed E-state index contributed by atoms with van der Waals surface area (Å²) in [5.41, 5.74) is -0.434. The van der Waals surface area contributed by atoms with E-state index in [1.807, 2.05) is 0 Å². The minimum Gasteiger partial charge on any atom is -0.291 e. The smallest absolute Gasteiger partial charge is 0.246 e. The second-order valence-corrected chi connectivity index (χ2v) is 6.81. The topological polar surface area (TPSA) is 146 Å². The van der Waals surface area contributed by atoms with Gasteiger partial charge in [0.15, 0.2) is 6.29 Å². The van der Waals surface area contributed by atoms with Crippen LogP contribution in [0, 0.1) is 30.3 Å². The van der Waals surface area contributed by atoms with E-state index in [-0.39, 0.29) is 55.6 Å². The average molecular weight is 424 g/mol. The van der Waals surface area contributed by atoms with Crippen molar-refractivity contribution in [2.24, 2.45) is 0 Å². The number of carbonyl (C=O) groups excluding carboxylic acids is 1. The number of hydrogen-bond acceptors (Lipinski definition) is 7. The molecule has 0 bridgehead atoms. The van der Waals surface area contributed by atoms with Crippen LogP contribution in [0.5, 0.6) is 0 Å². The van der Waals surface area contributed by atoms with Crippen molar-refractivity contribution in [2.45, 2.75) is 84.0 Å². The highest BCUT2D eigenvalue weighted by atomic mass is 16.6. The van der Waals surface area contributed by atoms with E-state index in [1.165, 1.54) is 18.2 Å². The van der Waals surface area contributed by atoms with Crippen molar-refractivity contribution < 1.29 is 19.6 Å². The molecule has 0 aromatic rings. The molecule has 0 unspecified atom stereocenters. The monoisotopic (exact) mass is 424 g/mol. The Kier molecular flexibility index (Phi) is 15.3. The third-order valence-corrected chi connectivity index (χ3v) is 4.46. The van der Waals surface area contributed by atoms with Gasteiger partial charge in [-0.25, -0.2) is 0 Å². The van der Waals surface area contributed by atoms with Crippen LogP contribution < -0.4 is 0 Å². The molecule has 0 N–H and O–H groups in total. The maximum absolute atomic E-state index is 11.2. The molecule has 167 valence electrons. The summed E-state index contributed by atoms with van der Waals surface area (Å²) in [6.45, 7) is 2.11. The molecular formula is C20H30N3O7. The van der Waals surface area contributed by atoms with Crippen LogP contribution in [0.4, 0.5) is 0 Å². The highest BCUT2D eigenvalue weighted by molar-refractivity contribution is 5.50. The van der Waals surface area contributed by atoms with E-state index in [0.29, 0.717) is 6.42 Å². The molecular weight excluding hydrogens is 394 g/mol. The molecule has 0 spiro atoms. The molecule has 10 heteroatoms. The third kappa shape index (κ3) is 13.3. The van der Waals surface area contributed by atoms with Crippen molar-refractivity contribution in [3.63, 3.8) is 0 Å². The van der Waals surface area contributed by atoms with Crippen LogP contribution >= 0.6 is 0 Å². The summed E-state index contributed by atoms with van der Waals surface area (Å²) >= 11 is 0. The number of allylic oxidation sites excluding steroid dienone is 5. The molecule has 10 nitrogen and oxygen atoms in total. The van der Waals surface area contributed by atoms with Gasteiger partial charge in [-0.2, -0.15) is 0 Å². The van der Waals surface area contributed by atoms with Crippen molar-refractivity contribution in [3.8, 4) is 0 Å². The van der Waals surface area contributed by atoms with Crippen molar-refractivity contribution in [1.82, 2.24) is 0 Å². The van der Waals surface area contributed by atoms with E-state index in [1.54, 1.807) is 6.29 Å². The standard InChI is InChI=1S/C20H30N3O7/c1-2-3-4-5-6-7-11-19(22(27)28)15-16-20(23(29)30)14-10-13-18(21(25)26)12-8-9-17-24/h13-15H,2-12,16H2,1H3/b18-13+,19-15+,20-14+. The Morgan fingerprint density at radius 1 is 0.733 bits per heavy atom. The minimum atomic E-state index is -0.639. The van der Waals surface area contributed by atoms with E-state index in [9.17, 15) is 35.1 Å². The maximum atomic E-state index is 11.2. The molecule has 0 amide bonds. The Morgan fingerprint density at radius 3 is 1.80 bits per heavy atom. The summed E-state index contributed by atoms with van der Waals surface area (Å²) in [6.07, 6.45) is 11.7. The summed E-state index contributed by atoms with van der Waals surface area (Å²) in [6, 6.07) is 0. The summed E-state index contributed by atoms with van der Waals surface area (Å²) in [5, 5.41) is 33.4. The van der Waals surface area contributed by atoms with Gasteiger partial charge in [0, 0.05) is 19.3 Å². The largest absolute Gasteiger partial charge is 0.291 e. The van der Waals surface area contributed by atoms with Crippen LogP contribution in [0.3, 0.4) is 0 Å². The van der Waals surface area contributed by atoms with E-state index < -0.39 is 14.8 Å². The van der Waals surface area contributed by atoms with Gasteiger partial charge in [0.25, 0.3) is 0 Å². The predicted octanol–water partition coefficient (Wildman–Crippen LogP) is 5.28. The Labute approximate surface area is 176 Å². The zero-order chi connectivity index (χ0) is 22.8. The molecule has 0 heterocycles. The molecule has 0 rings (SSSR count). The first-order chi connectivity index (χ1) is 14.3. The second kappa shape index (κ2) is 17.0. The van der Waals surface area contributed by atoms with Crippen LogP contribution in [0.25, 0.3) is 0 Å².